The molecule has 0 saturated heterocycles. The monoisotopic (exact) mass is 423 g/mol. The highest BCUT2D eigenvalue weighted by molar-refractivity contribution is 5.89. The van der Waals surface area contributed by atoms with Crippen molar-refractivity contribution in [2.75, 3.05) is 0 Å². The molecule has 0 unspecified atom stereocenters. The largest absolute Gasteiger partial charge is 0.457 e. The van der Waals surface area contributed by atoms with Gasteiger partial charge in [0.25, 0.3) is 0 Å². The maximum atomic E-state index is 13.4. The molecule has 2 heterocycles. The molecule has 5 heteroatoms. The van der Waals surface area contributed by atoms with Crippen molar-refractivity contribution >= 4 is 5.91 Å². The van der Waals surface area contributed by atoms with Crippen LogP contribution in [0.4, 0.5) is 0 Å². The first-order chi connectivity index (χ1) is 15.6. The Morgan fingerprint density at radius 2 is 1.50 bits per heavy atom. The molecule has 0 aliphatic carbocycles. The highest BCUT2D eigenvalue weighted by Gasteiger charge is 2.32. The minimum absolute atomic E-state index is 0.0391. The Balaban J connectivity index is 1.38. The van der Waals surface area contributed by atoms with E-state index in [1.54, 1.807) is 0 Å². The molecule has 32 heavy (non-hydrogen) atoms. The average molecular weight is 424 g/mol. The number of carbonyl (C=O) groups excluding carboxylic acids is 1. The van der Waals surface area contributed by atoms with Gasteiger partial charge in [0.05, 0.1) is 18.2 Å². The normalized spacial score (nSPS) is 12.6. The fourth-order valence-corrected chi connectivity index (χ4v) is 4.37. The number of hydrogen-bond acceptors (Lipinski definition) is 3. The van der Waals surface area contributed by atoms with Crippen LogP contribution in [0.1, 0.15) is 39.6 Å². The summed E-state index contributed by atoms with van der Waals surface area (Å²) in [7, 11) is 0. The second kappa shape index (κ2) is 8.35. The molecule has 5 rings (SSSR count). The molecule has 1 amide bonds. The standard InChI is InChI=1S/C27H25N3O2/c1-18-23(19(2)30(29-18)17-20-10-4-3-5-11-20)16-28-27(31)26-21-12-6-8-14-24(21)32-25-15-9-7-13-22(25)26/h3-15,26H,16-17H2,1-2H3,(H,28,31). The van der Waals surface area contributed by atoms with Crippen LogP contribution in [0.25, 0.3) is 0 Å². The summed E-state index contributed by atoms with van der Waals surface area (Å²) >= 11 is 0. The van der Waals surface area contributed by atoms with Crippen molar-refractivity contribution in [1.82, 2.24) is 15.1 Å². The van der Waals surface area contributed by atoms with Gasteiger partial charge in [-0.2, -0.15) is 5.10 Å². The van der Waals surface area contributed by atoms with Crippen LogP contribution in [-0.2, 0) is 17.9 Å². The molecule has 1 aliphatic heterocycles. The van der Waals surface area contributed by atoms with Gasteiger partial charge in [0.1, 0.15) is 11.5 Å². The number of hydrogen-bond donors (Lipinski definition) is 1. The Labute approximate surface area is 187 Å². The second-order valence-electron chi connectivity index (χ2n) is 8.12. The molecule has 5 nitrogen and oxygen atoms in total. The summed E-state index contributed by atoms with van der Waals surface area (Å²) in [6.45, 7) is 5.20. The van der Waals surface area contributed by atoms with Crippen LogP contribution in [0.2, 0.25) is 0 Å². The van der Waals surface area contributed by atoms with Crippen LogP contribution in [0.3, 0.4) is 0 Å². The van der Waals surface area contributed by atoms with Crippen LogP contribution < -0.4 is 10.1 Å². The van der Waals surface area contributed by atoms with E-state index in [0.717, 1.165) is 39.6 Å². The third-order valence-electron chi connectivity index (χ3n) is 6.09. The van der Waals surface area contributed by atoms with Crippen molar-refractivity contribution in [3.8, 4) is 11.5 Å². The summed E-state index contributed by atoms with van der Waals surface area (Å²) in [6, 6.07) is 25.8. The number of aromatic nitrogens is 2. The highest BCUT2D eigenvalue weighted by Crippen LogP contribution is 2.43. The number of amides is 1. The molecule has 0 atom stereocenters. The zero-order valence-corrected chi connectivity index (χ0v) is 18.2. The minimum atomic E-state index is -0.406. The SMILES string of the molecule is Cc1nn(Cc2ccccc2)c(C)c1CNC(=O)C1c2ccccc2Oc2ccccc21. The number of nitrogens with one attached hydrogen (secondary N) is 1. The van der Waals surface area contributed by atoms with Gasteiger partial charge in [-0.15, -0.1) is 0 Å². The Kier molecular flexibility index (Phi) is 5.23. The molecule has 1 aliphatic rings. The molecule has 0 spiro atoms. The van der Waals surface area contributed by atoms with E-state index in [2.05, 4.69) is 24.4 Å². The lowest BCUT2D eigenvalue weighted by Crippen LogP contribution is -2.31. The molecular weight excluding hydrogens is 398 g/mol. The Morgan fingerprint density at radius 3 is 2.16 bits per heavy atom. The lowest BCUT2D eigenvalue weighted by atomic mass is 9.87. The maximum absolute atomic E-state index is 13.4. The fraction of sp³-hybridized carbons (Fsp3) is 0.185. The van der Waals surface area contributed by atoms with E-state index in [9.17, 15) is 4.79 Å². The zero-order valence-electron chi connectivity index (χ0n) is 18.2. The first-order valence-corrected chi connectivity index (χ1v) is 10.8. The molecule has 3 aromatic carbocycles. The van der Waals surface area contributed by atoms with E-state index < -0.39 is 5.92 Å². The van der Waals surface area contributed by atoms with Crippen LogP contribution in [0, 0.1) is 13.8 Å². The molecular formula is C27H25N3O2. The third kappa shape index (κ3) is 3.66. The van der Waals surface area contributed by atoms with Gasteiger partial charge < -0.3 is 10.1 Å². The van der Waals surface area contributed by atoms with Gasteiger partial charge in [-0.3, -0.25) is 9.48 Å². The lowest BCUT2D eigenvalue weighted by molar-refractivity contribution is -0.122. The van der Waals surface area contributed by atoms with Crippen LogP contribution >= 0.6 is 0 Å². The molecule has 1 aromatic heterocycles. The maximum Gasteiger partial charge on any atom is 0.232 e. The summed E-state index contributed by atoms with van der Waals surface area (Å²) in [5.74, 6) is 1.02. The van der Waals surface area contributed by atoms with Crippen molar-refractivity contribution in [2.24, 2.45) is 0 Å². The van der Waals surface area contributed by atoms with Gasteiger partial charge in [0.2, 0.25) is 5.91 Å². The quantitative estimate of drug-likeness (QED) is 0.486. The zero-order chi connectivity index (χ0) is 22.1. The number of rotatable bonds is 5. The summed E-state index contributed by atoms with van der Waals surface area (Å²) in [5, 5.41) is 7.87. The van der Waals surface area contributed by atoms with Crippen molar-refractivity contribution in [3.05, 3.63) is 113 Å². The summed E-state index contributed by atoms with van der Waals surface area (Å²) in [4.78, 5) is 13.4. The predicted octanol–water partition coefficient (Wildman–Crippen LogP) is 5.10. The van der Waals surface area contributed by atoms with E-state index in [1.165, 1.54) is 5.56 Å². The van der Waals surface area contributed by atoms with Crippen molar-refractivity contribution in [1.29, 1.82) is 0 Å². The van der Waals surface area contributed by atoms with E-state index in [1.807, 2.05) is 78.3 Å². The first-order valence-electron chi connectivity index (χ1n) is 10.8. The minimum Gasteiger partial charge on any atom is -0.457 e. The van der Waals surface area contributed by atoms with E-state index >= 15 is 0 Å². The van der Waals surface area contributed by atoms with Crippen LogP contribution in [-0.4, -0.2) is 15.7 Å². The topological polar surface area (TPSA) is 56.2 Å². The number of benzene rings is 3. The van der Waals surface area contributed by atoms with Gasteiger partial charge in [-0.25, -0.2) is 0 Å². The van der Waals surface area contributed by atoms with E-state index in [0.29, 0.717) is 13.1 Å². The van der Waals surface area contributed by atoms with Crippen LogP contribution in [0.5, 0.6) is 11.5 Å². The molecule has 1 N–H and O–H groups in total. The van der Waals surface area contributed by atoms with Crippen LogP contribution in [0.15, 0.2) is 78.9 Å². The van der Waals surface area contributed by atoms with Gasteiger partial charge >= 0.3 is 0 Å². The van der Waals surface area contributed by atoms with Gasteiger partial charge in [0, 0.05) is 28.9 Å². The van der Waals surface area contributed by atoms with Gasteiger partial charge in [-0.1, -0.05) is 66.7 Å². The number of fused-ring (bicyclic) bond motifs is 2. The molecule has 160 valence electrons. The molecule has 4 aromatic rings. The van der Waals surface area contributed by atoms with Crippen molar-refractivity contribution < 1.29 is 9.53 Å². The van der Waals surface area contributed by atoms with Gasteiger partial charge in [0.15, 0.2) is 0 Å². The Hall–Kier alpha value is -3.86. The summed E-state index contributed by atoms with van der Waals surface area (Å²) < 4.78 is 8.03. The number of para-hydroxylation sites is 2. The average Bonchev–Trinajstić information content (AvgIpc) is 3.08. The Morgan fingerprint density at radius 1 is 0.906 bits per heavy atom. The molecule has 0 saturated carbocycles. The molecule has 0 fully saturated rings. The van der Waals surface area contributed by atoms with Crippen molar-refractivity contribution in [3.63, 3.8) is 0 Å². The van der Waals surface area contributed by atoms with Crippen molar-refractivity contribution in [2.45, 2.75) is 32.9 Å². The number of carbonyl (C=O) groups is 1. The van der Waals surface area contributed by atoms with E-state index in [4.69, 9.17) is 9.84 Å². The number of ether oxygens (including phenoxy) is 1. The first kappa shape index (κ1) is 20.1. The molecule has 0 radical (unpaired) electrons. The number of aryl methyl sites for hydroxylation is 1. The predicted molar refractivity (Wildman–Crippen MR) is 124 cm³/mol. The third-order valence-corrected chi connectivity index (χ3v) is 6.09. The fourth-order valence-electron chi connectivity index (χ4n) is 4.37. The second-order valence-corrected chi connectivity index (χ2v) is 8.12. The van der Waals surface area contributed by atoms with Gasteiger partial charge in [-0.05, 0) is 31.5 Å². The smallest absolute Gasteiger partial charge is 0.232 e. The Bertz CT molecular complexity index is 1230. The summed E-state index contributed by atoms with van der Waals surface area (Å²) in [5.41, 5.74) is 6.03. The lowest BCUT2D eigenvalue weighted by Gasteiger charge is -2.27. The van der Waals surface area contributed by atoms with E-state index in [-0.39, 0.29) is 5.91 Å². The number of nitrogens with zero attached hydrogens (tertiary/aromatic N) is 2. The summed E-state index contributed by atoms with van der Waals surface area (Å²) in [6.07, 6.45) is 0. The highest BCUT2D eigenvalue weighted by atomic mass is 16.5. The molecule has 0 bridgehead atoms.